The van der Waals surface area contributed by atoms with Gasteiger partial charge in [0, 0.05) is 13.0 Å². The third-order valence-corrected chi connectivity index (χ3v) is 7.38. The van der Waals surface area contributed by atoms with Gasteiger partial charge < -0.3 is 20.1 Å². The number of aliphatic hydroxyl groups is 1. The first-order chi connectivity index (χ1) is 17.2. The average molecular weight is 499 g/mol. The first-order valence-corrected chi connectivity index (χ1v) is 13.2. The quantitative estimate of drug-likeness (QED) is 0.477. The number of nitrogens with one attached hydrogen (secondary N) is 1. The minimum absolute atomic E-state index is 0.0515. The molecule has 7 heteroatoms. The molecule has 2 aliphatic heterocycles. The molecule has 0 aromatic heterocycles. The van der Waals surface area contributed by atoms with Crippen molar-refractivity contribution in [2.45, 2.75) is 77.8 Å². The van der Waals surface area contributed by atoms with Crippen LogP contribution in [0.3, 0.4) is 0 Å². The monoisotopic (exact) mass is 498 g/mol. The molecule has 0 radical (unpaired) electrons. The van der Waals surface area contributed by atoms with E-state index in [1.165, 1.54) is 0 Å². The number of esters is 1. The Morgan fingerprint density at radius 2 is 1.86 bits per heavy atom. The van der Waals surface area contributed by atoms with E-state index in [0.717, 1.165) is 18.4 Å². The summed E-state index contributed by atoms with van der Waals surface area (Å²) in [7, 11) is 0. The highest BCUT2D eigenvalue weighted by molar-refractivity contribution is 5.86. The summed E-state index contributed by atoms with van der Waals surface area (Å²) in [5.74, 6) is -1.33. The van der Waals surface area contributed by atoms with Gasteiger partial charge in [0.25, 0.3) is 0 Å². The van der Waals surface area contributed by atoms with Crippen LogP contribution in [0.1, 0.15) is 64.9 Å². The van der Waals surface area contributed by atoms with Crippen molar-refractivity contribution in [3.05, 3.63) is 48.0 Å². The van der Waals surface area contributed by atoms with E-state index in [-0.39, 0.29) is 60.8 Å². The summed E-state index contributed by atoms with van der Waals surface area (Å²) in [6.45, 7) is 6.66. The van der Waals surface area contributed by atoms with Gasteiger partial charge in [0.05, 0.1) is 30.5 Å². The number of amides is 2. The topological polar surface area (TPSA) is 95.9 Å². The smallest absolute Gasteiger partial charge is 0.309 e. The molecule has 36 heavy (non-hydrogen) atoms. The summed E-state index contributed by atoms with van der Waals surface area (Å²) >= 11 is 0. The van der Waals surface area contributed by atoms with Gasteiger partial charge >= 0.3 is 5.97 Å². The number of ether oxygens (including phenoxy) is 1. The summed E-state index contributed by atoms with van der Waals surface area (Å²) in [5, 5.41) is 12.7. The van der Waals surface area contributed by atoms with E-state index >= 15 is 0 Å². The second-order valence-electron chi connectivity index (χ2n) is 11.2. The zero-order valence-electron chi connectivity index (χ0n) is 21.9. The van der Waals surface area contributed by atoms with Crippen molar-refractivity contribution in [1.29, 1.82) is 0 Å². The highest BCUT2D eigenvalue weighted by Crippen LogP contribution is 2.25. The van der Waals surface area contributed by atoms with E-state index in [2.05, 4.69) is 5.32 Å². The minimum atomic E-state index is -0.518. The van der Waals surface area contributed by atoms with E-state index in [4.69, 9.17) is 4.74 Å². The Balaban J connectivity index is 1.76. The normalized spacial score (nSPS) is 26.4. The predicted octanol–water partition coefficient (Wildman–Crippen LogP) is 3.65. The van der Waals surface area contributed by atoms with Gasteiger partial charge in [0.1, 0.15) is 6.61 Å². The van der Waals surface area contributed by atoms with Gasteiger partial charge in [-0.25, -0.2) is 0 Å². The number of likely N-dealkylation sites (tertiary alicyclic amines) is 1. The fraction of sp³-hybridized carbons (Fsp3) is 0.621. The third-order valence-electron chi connectivity index (χ3n) is 7.38. The van der Waals surface area contributed by atoms with E-state index < -0.39 is 5.92 Å². The SMILES string of the molecule is CC(C)(C)C1COC(=O)C(Cc2ccccc2)CCC=CCC(CC(=O)N2CCCC2CO)C(=O)N1. The zero-order chi connectivity index (χ0) is 26.1. The first-order valence-electron chi connectivity index (χ1n) is 13.2. The lowest BCUT2D eigenvalue weighted by Gasteiger charge is -2.33. The van der Waals surface area contributed by atoms with Crippen LogP contribution in [0.5, 0.6) is 0 Å². The fourth-order valence-electron chi connectivity index (χ4n) is 4.92. The van der Waals surface area contributed by atoms with Crippen molar-refractivity contribution in [2.75, 3.05) is 19.8 Å². The van der Waals surface area contributed by atoms with Crippen molar-refractivity contribution in [3.63, 3.8) is 0 Å². The van der Waals surface area contributed by atoms with Crippen molar-refractivity contribution in [1.82, 2.24) is 10.2 Å². The molecule has 0 bridgehead atoms. The molecule has 0 spiro atoms. The molecular weight excluding hydrogens is 456 g/mol. The van der Waals surface area contributed by atoms with E-state index in [1.54, 1.807) is 4.90 Å². The van der Waals surface area contributed by atoms with Crippen LogP contribution >= 0.6 is 0 Å². The van der Waals surface area contributed by atoms with Gasteiger partial charge in [0.2, 0.25) is 11.8 Å². The summed E-state index contributed by atoms with van der Waals surface area (Å²) in [6.07, 6.45) is 8.12. The lowest BCUT2D eigenvalue weighted by atomic mass is 9.86. The highest BCUT2D eigenvalue weighted by atomic mass is 16.5. The van der Waals surface area contributed by atoms with Crippen molar-refractivity contribution < 1.29 is 24.2 Å². The lowest BCUT2D eigenvalue weighted by molar-refractivity contribution is -0.151. The summed E-state index contributed by atoms with van der Waals surface area (Å²) in [4.78, 5) is 41.2. The van der Waals surface area contributed by atoms with Gasteiger partial charge in [-0.2, -0.15) is 0 Å². The van der Waals surface area contributed by atoms with Crippen LogP contribution in [0.15, 0.2) is 42.5 Å². The molecule has 1 aromatic carbocycles. The van der Waals surface area contributed by atoms with Gasteiger partial charge in [-0.1, -0.05) is 63.3 Å². The Labute approximate surface area is 215 Å². The Bertz CT molecular complexity index is 908. The number of hydrogen-bond donors (Lipinski definition) is 2. The van der Waals surface area contributed by atoms with E-state index in [0.29, 0.717) is 32.2 Å². The minimum Gasteiger partial charge on any atom is -0.463 e. The zero-order valence-corrected chi connectivity index (χ0v) is 21.9. The number of cyclic esters (lactones) is 1. The maximum absolute atomic E-state index is 13.4. The van der Waals surface area contributed by atoms with Gasteiger partial charge in [-0.15, -0.1) is 0 Å². The number of hydrogen-bond acceptors (Lipinski definition) is 5. The number of rotatable bonds is 5. The van der Waals surface area contributed by atoms with Gasteiger partial charge in [0.15, 0.2) is 0 Å². The Kier molecular flexibility index (Phi) is 10.1. The molecule has 4 unspecified atom stereocenters. The molecular formula is C29H42N2O5. The van der Waals surface area contributed by atoms with Crippen LogP contribution in [0.4, 0.5) is 0 Å². The highest BCUT2D eigenvalue weighted by Gasteiger charge is 2.34. The molecule has 7 nitrogen and oxygen atoms in total. The van der Waals surface area contributed by atoms with Crippen LogP contribution < -0.4 is 5.32 Å². The number of aliphatic hydroxyl groups excluding tert-OH is 1. The first kappa shape index (κ1) is 27.9. The molecule has 1 aromatic rings. The third kappa shape index (κ3) is 7.92. The molecule has 2 aliphatic rings. The molecule has 4 atom stereocenters. The molecule has 1 fully saturated rings. The molecule has 2 heterocycles. The molecule has 0 saturated carbocycles. The predicted molar refractivity (Wildman–Crippen MR) is 139 cm³/mol. The van der Waals surface area contributed by atoms with Gasteiger partial charge in [-0.05, 0) is 49.5 Å². The number of carbonyl (C=O) groups is 3. The van der Waals surface area contributed by atoms with E-state index in [1.807, 2.05) is 63.3 Å². The molecule has 2 N–H and O–H groups in total. The van der Waals surface area contributed by atoms with Crippen LogP contribution in [0, 0.1) is 17.3 Å². The Morgan fingerprint density at radius 1 is 1.11 bits per heavy atom. The standard InChI is InChI=1S/C29H42N2O5/c1-29(2,3)25-20-36-28(35)23(17-21-11-6-4-7-12-21)14-9-5-8-13-22(27(34)30-25)18-26(33)31-16-10-15-24(31)19-32/h4-8,11-12,22-25,32H,9-10,13-20H2,1-3H3,(H,30,34). The number of benzene rings is 1. The van der Waals surface area contributed by atoms with Crippen LogP contribution in [0.25, 0.3) is 0 Å². The molecule has 198 valence electrons. The van der Waals surface area contributed by atoms with Crippen molar-refractivity contribution in [3.8, 4) is 0 Å². The summed E-state index contributed by atoms with van der Waals surface area (Å²) in [5.41, 5.74) is 0.752. The molecule has 1 saturated heterocycles. The molecule has 0 aliphatic carbocycles. The fourth-order valence-corrected chi connectivity index (χ4v) is 4.92. The average Bonchev–Trinajstić information content (AvgIpc) is 3.33. The van der Waals surface area contributed by atoms with Crippen LogP contribution in [-0.4, -0.2) is 59.6 Å². The number of allylic oxidation sites excluding steroid dienone is 2. The summed E-state index contributed by atoms with van der Waals surface area (Å²) in [6, 6.07) is 9.40. The number of carbonyl (C=O) groups excluding carboxylic acids is 3. The van der Waals surface area contributed by atoms with Crippen LogP contribution in [0.2, 0.25) is 0 Å². The molecule has 2 amide bonds. The lowest BCUT2D eigenvalue weighted by Crippen LogP contribution is -2.50. The van der Waals surface area contributed by atoms with Gasteiger partial charge in [-0.3, -0.25) is 14.4 Å². The largest absolute Gasteiger partial charge is 0.463 e. The Hall–Kier alpha value is -2.67. The summed E-state index contributed by atoms with van der Waals surface area (Å²) < 4.78 is 5.77. The molecule has 3 rings (SSSR count). The maximum atomic E-state index is 13.4. The Morgan fingerprint density at radius 3 is 2.56 bits per heavy atom. The van der Waals surface area contributed by atoms with Crippen molar-refractivity contribution in [2.24, 2.45) is 17.3 Å². The second-order valence-corrected chi connectivity index (χ2v) is 11.2. The van der Waals surface area contributed by atoms with Crippen molar-refractivity contribution >= 4 is 17.8 Å². The maximum Gasteiger partial charge on any atom is 0.309 e. The number of nitrogens with zero attached hydrogens (tertiary/aromatic N) is 1. The van der Waals surface area contributed by atoms with Crippen LogP contribution in [-0.2, 0) is 25.5 Å². The van der Waals surface area contributed by atoms with E-state index in [9.17, 15) is 19.5 Å². The second kappa shape index (κ2) is 13.0.